The largest absolute Gasteiger partial charge is 0.289 e. The van der Waals surface area contributed by atoms with E-state index in [-0.39, 0.29) is 11.4 Å². The lowest BCUT2D eigenvalue weighted by Gasteiger charge is -2.15. The Labute approximate surface area is 131 Å². The summed E-state index contributed by atoms with van der Waals surface area (Å²) in [6.45, 7) is 3.80. The Balaban J connectivity index is 2.82. The summed E-state index contributed by atoms with van der Waals surface area (Å²) in [5.41, 5.74) is -0.413. The lowest BCUT2D eigenvalue weighted by molar-refractivity contribution is -0.387. The molecule has 1 rings (SSSR count). The number of hydrogen-bond acceptors (Lipinski definition) is 4. The number of sulfonamides is 1. The molecule has 0 aliphatic rings. The van der Waals surface area contributed by atoms with Crippen LogP contribution in [0.1, 0.15) is 19.3 Å². The number of rotatable bonds is 9. The number of unbranched alkanes of at least 4 members (excludes halogenated alkanes) is 2. The van der Waals surface area contributed by atoms with Crippen LogP contribution in [0.2, 0.25) is 0 Å². The minimum atomic E-state index is -3.89. The van der Waals surface area contributed by atoms with Crippen molar-refractivity contribution < 1.29 is 13.3 Å². The van der Waals surface area contributed by atoms with Crippen molar-refractivity contribution in [1.29, 1.82) is 0 Å². The highest BCUT2D eigenvalue weighted by molar-refractivity contribution is 7.89. The molecule has 0 spiro atoms. The van der Waals surface area contributed by atoms with Gasteiger partial charge in [-0.05, 0) is 25.3 Å². The molecule has 7 heteroatoms. The van der Waals surface area contributed by atoms with Crippen LogP contribution < -0.4 is 0 Å². The number of para-hydroxylation sites is 1. The highest BCUT2D eigenvalue weighted by atomic mass is 32.2. The Morgan fingerprint density at radius 3 is 2.59 bits per heavy atom. The van der Waals surface area contributed by atoms with Crippen LogP contribution in [0.15, 0.2) is 54.0 Å². The number of hydrogen-bond donors (Lipinski definition) is 0. The van der Waals surface area contributed by atoms with Crippen LogP contribution >= 0.6 is 0 Å². The van der Waals surface area contributed by atoms with E-state index < -0.39 is 20.6 Å². The van der Waals surface area contributed by atoms with Gasteiger partial charge in [0.1, 0.15) is 0 Å². The van der Waals surface area contributed by atoms with E-state index in [0.717, 1.165) is 23.6 Å². The van der Waals surface area contributed by atoms with Crippen molar-refractivity contribution in [3.8, 4) is 0 Å². The van der Waals surface area contributed by atoms with E-state index in [0.29, 0.717) is 0 Å². The van der Waals surface area contributed by atoms with Gasteiger partial charge in [-0.2, -0.15) is 4.31 Å². The smallest absolute Gasteiger partial charge is 0.258 e. The van der Waals surface area contributed by atoms with Crippen LogP contribution in [0.4, 0.5) is 5.69 Å². The average molecular weight is 324 g/mol. The fourth-order valence-corrected chi connectivity index (χ4v) is 3.09. The number of likely N-dealkylation sites (N-methyl/N-ethyl adjacent to an activating group) is 1. The highest BCUT2D eigenvalue weighted by Crippen LogP contribution is 2.25. The molecule has 1 aromatic rings. The first-order chi connectivity index (χ1) is 10.4. The van der Waals surface area contributed by atoms with Crippen LogP contribution in [0, 0.1) is 10.1 Å². The summed E-state index contributed by atoms with van der Waals surface area (Å²) in [4.78, 5) is 9.97. The fourth-order valence-electron chi connectivity index (χ4n) is 1.81. The zero-order valence-corrected chi connectivity index (χ0v) is 13.3. The Morgan fingerprint density at radius 1 is 1.27 bits per heavy atom. The molecule has 0 N–H and O–H groups in total. The molecule has 120 valence electrons. The molecule has 0 saturated heterocycles. The fraction of sp³-hybridized carbons (Fsp3) is 0.333. The van der Waals surface area contributed by atoms with Crippen molar-refractivity contribution >= 4 is 15.7 Å². The van der Waals surface area contributed by atoms with Crippen molar-refractivity contribution in [2.45, 2.75) is 24.2 Å². The molecule has 0 heterocycles. The van der Waals surface area contributed by atoms with Gasteiger partial charge in [0.05, 0.1) is 4.92 Å². The molecular weight excluding hydrogens is 304 g/mol. The number of allylic oxidation sites excluding steroid dienone is 2. The summed E-state index contributed by atoms with van der Waals surface area (Å²) in [6.07, 6.45) is 8.18. The Kier molecular flexibility index (Phi) is 6.94. The van der Waals surface area contributed by atoms with E-state index >= 15 is 0 Å². The summed E-state index contributed by atoms with van der Waals surface area (Å²) in [7, 11) is -2.48. The number of nitro benzene ring substituents is 1. The molecule has 0 aliphatic heterocycles. The third-order valence-electron chi connectivity index (χ3n) is 3.06. The van der Waals surface area contributed by atoms with E-state index in [4.69, 9.17) is 0 Å². The van der Waals surface area contributed by atoms with Gasteiger partial charge in [-0.25, -0.2) is 8.42 Å². The second-order valence-electron chi connectivity index (χ2n) is 4.70. The van der Waals surface area contributed by atoms with Crippen molar-refractivity contribution in [3.63, 3.8) is 0 Å². The number of nitrogens with zero attached hydrogens (tertiary/aromatic N) is 2. The molecular formula is C15H20N2O4S. The summed E-state index contributed by atoms with van der Waals surface area (Å²) in [5.74, 6) is 0. The molecule has 0 radical (unpaired) electrons. The lowest BCUT2D eigenvalue weighted by Crippen LogP contribution is -2.27. The van der Waals surface area contributed by atoms with Gasteiger partial charge in [-0.15, -0.1) is 6.58 Å². The van der Waals surface area contributed by atoms with Crippen molar-refractivity contribution in [1.82, 2.24) is 4.31 Å². The van der Waals surface area contributed by atoms with Crippen LogP contribution in [-0.4, -0.2) is 31.2 Å². The maximum atomic E-state index is 12.4. The Morgan fingerprint density at radius 2 is 1.95 bits per heavy atom. The van der Waals surface area contributed by atoms with Crippen LogP contribution in [0.5, 0.6) is 0 Å². The third kappa shape index (κ3) is 4.78. The normalized spacial score (nSPS) is 11.9. The Hall–Kier alpha value is -1.99. The predicted octanol–water partition coefficient (Wildman–Crippen LogP) is 3.13. The van der Waals surface area contributed by atoms with Gasteiger partial charge in [0.15, 0.2) is 4.90 Å². The maximum Gasteiger partial charge on any atom is 0.289 e. The minimum absolute atomic E-state index is 0.169. The molecule has 0 fully saturated rings. The molecule has 6 nitrogen and oxygen atoms in total. The van der Waals surface area contributed by atoms with Crippen LogP contribution in [-0.2, 0) is 10.0 Å². The summed E-state index contributed by atoms with van der Waals surface area (Å²) in [5, 5.41) is 11.0. The third-order valence-corrected chi connectivity index (χ3v) is 4.93. The van der Waals surface area contributed by atoms with Gasteiger partial charge < -0.3 is 0 Å². The number of nitro groups is 1. The van der Waals surface area contributed by atoms with Crippen LogP contribution in [0.25, 0.3) is 0 Å². The van der Waals surface area contributed by atoms with Gasteiger partial charge in [-0.1, -0.05) is 30.4 Å². The molecule has 1 aromatic carbocycles. The van der Waals surface area contributed by atoms with E-state index in [1.165, 1.54) is 31.3 Å². The molecule has 0 amide bonds. The molecule has 22 heavy (non-hydrogen) atoms. The van der Waals surface area contributed by atoms with E-state index in [2.05, 4.69) is 6.58 Å². The summed E-state index contributed by atoms with van der Waals surface area (Å²) in [6, 6.07) is 5.35. The SMILES string of the molecule is C=CCCC/C=C/CN(C)S(=O)(=O)c1ccccc1[N+](=O)[O-]. The summed E-state index contributed by atoms with van der Waals surface area (Å²) < 4.78 is 25.9. The average Bonchev–Trinajstić information content (AvgIpc) is 2.50. The Bertz CT molecular complexity index is 653. The zero-order chi connectivity index (χ0) is 16.6. The first-order valence-corrected chi connectivity index (χ1v) is 8.31. The first-order valence-electron chi connectivity index (χ1n) is 6.87. The van der Waals surface area contributed by atoms with Gasteiger partial charge in [0.2, 0.25) is 10.0 Å². The van der Waals surface area contributed by atoms with Crippen molar-refractivity contribution in [3.05, 3.63) is 59.2 Å². The highest BCUT2D eigenvalue weighted by Gasteiger charge is 2.28. The monoisotopic (exact) mass is 324 g/mol. The number of benzene rings is 1. The topological polar surface area (TPSA) is 80.5 Å². The summed E-state index contributed by atoms with van der Waals surface area (Å²) >= 11 is 0. The van der Waals surface area contributed by atoms with E-state index in [1.807, 2.05) is 12.2 Å². The molecule has 0 atom stereocenters. The molecule has 0 unspecified atom stereocenters. The minimum Gasteiger partial charge on any atom is -0.258 e. The van der Waals surface area contributed by atoms with Gasteiger partial charge in [-0.3, -0.25) is 10.1 Å². The van der Waals surface area contributed by atoms with E-state index in [1.54, 1.807) is 6.08 Å². The van der Waals surface area contributed by atoms with E-state index in [9.17, 15) is 18.5 Å². The first kappa shape index (κ1) is 18.1. The second kappa shape index (κ2) is 8.45. The van der Waals surface area contributed by atoms with Crippen molar-refractivity contribution in [2.24, 2.45) is 0 Å². The standard InChI is InChI=1S/C15H20N2O4S/c1-3-4-5-6-7-10-13-16(2)22(20,21)15-12-9-8-11-14(15)17(18)19/h3,7-12H,1,4-6,13H2,2H3/b10-7+. The van der Waals surface area contributed by atoms with Crippen LogP contribution in [0.3, 0.4) is 0 Å². The maximum absolute atomic E-state index is 12.4. The van der Waals surface area contributed by atoms with Gasteiger partial charge in [0.25, 0.3) is 5.69 Å². The molecule has 0 aromatic heterocycles. The van der Waals surface area contributed by atoms with Crippen molar-refractivity contribution in [2.75, 3.05) is 13.6 Å². The van der Waals surface area contributed by atoms with Gasteiger partial charge in [0, 0.05) is 19.7 Å². The second-order valence-corrected chi connectivity index (χ2v) is 6.71. The predicted molar refractivity (Wildman–Crippen MR) is 86.1 cm³/mol. The van der Waals surface area contributed by atoms with Gasteiger partial charge >= 0.3 is 0 Å². The quantitative estimate of drug-likeness (QED) is 0.302. The molecule has 0 saturated carbocycles. The lowest BCUT2D eigenvalue weighted by atomic mass is 10.2. The molecule has 0 bridgehead atoms. The zero-order valence-electron chi connectivity index (χ0n) is 12.5. The molecule has 0 aliphatic carbocycles.